The second-order valence-electron chi connectivity index (χ2n) is 6.91. The average Bonchev–Trinajstić information content (AvgIpc) is 3.05. The van der Waals surface area contributed by atoms with Gasteiger partial charge in [-0.05, 0) is 46.7 Å². The minimum absolute atomic E-state index is 0.350. The Morgan fingerprint density at radius 2 is 1.81 bits per heavy atom. The van der Waals surface area contributed by atoms with Crippen molar-refractivity contribution in [3.05, 3.63) is 86.9 Å². The van der Waals surface area contributed by atoms with Crippen molar-refractivity contribution in [1.82, 2.24) is 10.1 Å². The maximum Gasteiger partial charge on any atom is 0.367 e. The van der Waals surface area contributed by atoms with E-state index in [1.807, 2.05) is 42.6 Å². The number of rotatable bonds is 4. The van der Waals surface area contributed by atoms with Crippen LogP contribution in [0.2, 0.25) is 5.02 Å². The summed E-state index contributed by atoms with van der Waals surface area (Å²) < 4.78 is 5.02. The Hall–Kier alpha value is -2.85. The second kappa shape index (κ2) is 7.05. The van der Waals surface area contributed by atoms with Gasteiger partial charge in [0.1, 0.15) is 5.39 Å². The lowest BCUT2D eigenvalue weighted by Crippen LogP contribution is -2.03. The van der Waals surface area contributed by atoms with E-state index >= 15 is 0 Å². The molecule has 27 heavy (non-hydrogen) atoms. The van der Waals surface area contributed by atoms with E-state index in [2.05, 4.69) is 36.1 Å². The second-order valence-corrected chi connectivity index (χ2v) is 7.35. The maximum absolute atomic E-state index is 12.4. The molecule has 0 saturated carbocycles. The number of nitrogens with zero attached hydrogens (tertiary/aromatic N) is 1. The number of hydrogen-bond donors (Lipinski definition) is 1. The highest BCUT2D eigenvalue weighted by molar-refractivity contribution is 6.30. The smallest absolute Gasteiger partial charge is 0.336 e. The Balaban J connectivity index is 1.97. The zero-order valence-corrected chi connectivity index (χ0v) is 15.9. The van der Waals surface area contributed by atoms with Crippen molar-refractivity contribution in [3.8, 4) is 11.1 Å². The van der Waals surface area contributed by atoms with Crippen LogP contribution in [0.25, 0.3) is 22.2 Å². The molecule has 0 atom stereocenters. The van der Waals surface area contributed by atoms with Crippen molar-refractivity contribution >= 4 is 22.6 Å². The van der Waals surface area contributed by atoms with Gasteiger partial charge in [0.05, 0.1) is 0 Å². The molecule has 0 radical (unpaired) electrons. The van der Waals surface area contributed by atoms with E-state index in [1.165, 1.54) is 5.56 Å². The van der Waals surface area contributed by atoms with Crippen molar-refractivity contribution in [2.24, 2.45) is 0 Å². The van der Waals surface area contributed by atoms with Crippen molar-refractivity contribution in [1.29, 1.82) is 0 Å². The quantitative estimate of drug-likeness (QED) is 0.506. The van der Waals surface area contributed by atoms with Crippen LogP contribution in [0.3, 0.4) is 0 Å². The Labute approximate surface area is 161 Å². The molecule has 5 heteroatoms. The molecule has 2 aromatic heterocycles. The number of benzene rings is 2. The third-order valence-electron chi connectivity index (χ3n) is 4.80. The van der Waals surface area contributed by atoms with Crippen LogP contribution in [0.4, 0.5) is 0 Å². The fraction of sp³-hybridized carbons (Fsp3) is 0.182. The molecule has 0 amide bonds. The molecule has 2 aromatic carbocycles. The van der Waals surface area contributed by atoms with Crippen LogP contribution in [0, 0.1) is 0 Å². The fourth-order valence-corrected chi connectivity index (χ4v) is 3.59. The molecule has 0 aliphatic rings. The first-order valence-corrected chi connectivity index (χ1v) is 9.25. The number of aromatic nitrogens is 2. The fourth-order valence-electron chi connectivity index (χ4n) is 3.46. The first kappa shape index (κ1) is 17.6. The van der Waals surface area contributed by atoms with E-state index in [0.717, 1.165) is 22.3 Å². The molecule has 4 nitrogen and oxygen atoms in total. The molecule has 0 saturated heterocycles. The largest absolute Gasteiger partial charge is 0.367 e. The van der Waals surface area contributed by atoms with Crippen LogP contribution in [-0.4, -0.2) is 10.1 Å². The van der Waals surface area contributed by atoms with E-state index in [9.17, 15) is 4.79 Å². The number of pyridine rings is 1. The van der Waals surface area contributed by atoms with Gasteiger partial charge in [-0.1, -0.05) is 61.8 Å². The molecule has 2 heterocycles. The molecule has 4 rings (SSSR count). The van der Waals surface area contributed by atoms with Gasteiger partial charge in [0.2, 0.25) is 0 Å². The third kappa shape index (κ3) is 3.28. The summed E-state index contributed by atoms with van der Waals surface area (Å²) in [6, 6.07) is 15.9. The zero-order valence-electron chi connectivity index (χ0n) is 15.1. The zero-order chi connectivity index (χ0) is 19.0. The number of nitrogens with one attached hydrogen (secondary N) is 1. The molecule has 0 aliphatic carbocycles. The highest BCUT2D eigenvalue weighted by atomic mass is 35.5. The highest BCUT2D eigenvalue weighted by Gasteiger charge is 2.19. The van der Waals surface area contributed by atoms with Gasteiger partial charge in [-0.3, -0.25) is 0 Å². The predicted octanol–water partition coefficient (Wildman–Crippen LogP) is 5.55. The summed E-state index contributed by atoms with van der Waals surface area (Å²) in [5.74, 6) is 0.350. The number of hydrogen-bond acceptors (Lipinski definition) is 3. The summed E-state index contributed by atoms with van der Waals surface area (Å²) in [6.45, 7) is 4.32. The predicted molar refractivity (Wildman–Crippen MR) is 108 cm³/mol. The van der Waals surface area contributed by atoms with Gasteiger partial charge >= 0.3 is 5.63 Å². The van der Waals surface area contributed by atoms with E-state index in [4.69, 9.17) is 16.1 Å². The molecule has 0 fully saturated rings. The van der Waals surface area contributed by atoms with Crippen molar-refractivity contribution < 1.29 is 4.52 Å². The molecule has 0 spiro atoms. The van der Waals surface area contributed by atoms with Crippen LogP contribution in [0.1, 0.15) is 36.5 Å². The van der Waals surface area contributed by atoms with Gasteiger partial charge in [0, 0.05) is 16.8 Å². The Morgan fingerprint density at radius 3 is 2.56 bits per heavy atom. The molecular formula is C22H19ClN2O2. The SMILES string of the molecule is CC(C)c1ccccc1-c1cnc2[nH]oc(=O)c2c1Cc1ccc(Cl)cc1. The molecule has 1 N–H and O–H groups in total. The number of aromatic amines is 1. The maximum atomic E-state index is 12.4. The van der Waals surface area contributed by atoms with Gasteiger partial charge in [-0.25, -0.2) is 9.78 Å². The lowest BCUT2D eigenvalue weighted by Gasteiger charge is -2.16. The van der Waals surface area contributed by atoms with Crippen LogP contribution >= 0.6 is 11.6 Å². The summed E-state index contributed by atoms with van der Waals surface area (Å²) in [5, 5.41) is 3.81. The summed E-state index contributed by atoms with van der Waals surface area (Å²) >= 11 is 6.02. The summed E-state index contributed by atoms with van der Waals surface area (Å²) in [6.07, 6.45) is 2.40. The third-order valence-corrected chi connectivity index (χ3v) is 5.05. The number of halogens is 1. The van der Waals surface area contributed by atoms with Crippen LogP contribution in [-0.2, 0) is 6.42 Å². The number of fused-ring (bicyclic) bond motifs is 1. The van der Waals surface area contributed by atoms with Crippen LogP contribution < -0.4 is 5.63 Å². The number of H-pyrrole nitrogens is 1. The molecule has 0 bridgehead atoms. The summed E-state index contributed by atoms with van der Waals surface area (Å²) in [7, 11) is 0. The standard InChI is InChI=1S/C22H19ClN2O2/c1-13(2)16-5-3-4-6-17(16)19-12-24-21-20(22(26)27-25-21)18(19)11-14-7-9-15(23)10-8-14/h3-10,12-13H,11H2,1-2H3,(H,24,25). The van der Waals surface area contributed by atoms with Gasteiger partial charge in [0.25, 0.3) is 0 Å². The Morgan fingerprint density at radius 1 is 1.07 bits per heavy atom. The van der Waals surface area contributed by atoms with E-state index < -0.39 is 5.63 Å². The van der Waals surface area contributed by atoms with Crippen LogP contribution in [0.15, 0.2) is 64.0 Å². The molecule has 0 unspecified atom stereocenters. The minimum atomic E-state index is -0.398. The van der Waals surface area contributed by atoms with E-state index in [0.29, 0.717) is 28.4 Å². The molecule has 136 valence electrons. The van der Waals surface area contributed by atoms with Gasteiger partial charge < -0.3 is 4.52 Å². The summed E-state index contributed by atoms with van der Waals surface area (Å²) in [5.41, 5.74) is 5.30. The topological polar surface area (TPSA) is 58.9 Å². The summed E-state index contributed by atoms with van der Waals surface area (Å²) in [4.78, 5) is 16.8. The van der Waals surface area contributed by atoms with E-state index in [-0.39, 0.29) is 0 Å². The van der Waals surface area contributed by atoms with Crippen molar-refractivity contribution in [2.75, 3.05) is 0 Å². The van der Waals surface area contributed by atoms with Crippen molar-refractivity contribution in [2.45, 2.75) is 26.2 Å². The highest BCUT2D eigenvalue weighted by Crippen LogP contribution is 2.34. The normalized spacial score (nSPS) is 11.4. The Kier molecular flexibility index (Phi) is 4.58. The van der Waals surface area contributed by atoms with Crippen LogP contribution in [0.5, 0.6) is 0 Å². The molecule has 4 aromatic rings. The molecule has 0 aliphatic heterocycles. The van der Waals surface area contributed by atoms with Gasteiger partial charge in [0.15, 0.2) is 5.65 Å². The van der Waals surface area contributed by atoms with Gasteiger partial charge in [-0.2, -0.15) is 5.16 Å². The van der Waals surface area contributed by atoms with E-state index in [1.54, 1.807) is 0 Å². The first-order chi connectivity index (χ1) is 13.0. The molecular weight excluding hydrogens is 360 g/mol. The minimum Gasteiger partial charge on any atom is -0.336 e. The lowest BCUT2D eigenvalue weighted by atomic mass is 9.88. The Bertz CT molecular complexity index is 1160. The van der Waals surface area contributed by atoms with Crippen molar-refractivity contribution in [3.63, 3.8) is 0 Å². The van der Waals surface area contributed by atoms with Gasteiger partial charge in [-0.15, -0.1) is 0 Å². The average molecular weight is 379 g/mol. The lowest BCUT2D eigenvalue weighted by molar-refractivity contribution is 0.398. The monoisotopic (exact) mass is 378 g/mol. The first-order valence-electron chi connectivity index (χ1n) is 8.87.